The number of amides is 1. The van der Waals surface area contributed by atoms with Gasteiger partial charge in [0.2, 0.25) is 0 Å². The highest BCUT2D eigenvalue weighted by atomic mass is 16.5. The number of aliphatic hydroxyl groups is 1. The monoisotopic (exact) mass is 279 g/mol. The van der Waals surface area contributed by atoms with Gasteiger partial charge in [-0.2, -0.15) is 0 Å². The van der Waals surface area contributed by atoms with Gasteiger partial charge in [0.05, 0.1) is 19.3 Å². The smallest absolute Gasteiger partial charge is 0.405 e. The zero-order chi connectivity index (χ0) is 14.5. The maximum absolute atomic E-state index is 11.0. The molecule has 0 spiro atoms. The van der Waals surface area contributed by atoms with Crippen molar-refractivity contribution in [3.05, 3.63) is 29.8 Å². The quantitative estimate of drug-likeness (QED) is 0.791. The van der Waals surface area contributed by atoms with Crippen LogP contribution in [-0.2, 0) is 0 Å². The van der Waals surface area contributed by atoms with Crippen LogP contribution in [0, 0.1) is 5.92 Å². The second-order valence-corrected chi connectivity index (χ2v) is 5.27. The Hall–Kier alpha value is -1.75. The van der Waals surface area contributed by atoms with Gasteiger partial charge >= 0.3 is 6.09 Å². The van der Waals surface area contributed by atoms with E-state index in [1.165, 1.54) is 0 Å². The average molecular weight is 279 g/mol. The summed E-state index contributed by atoms with van der Waals surface area (Å²) in [6, 6.07) is 7.23. The molecule has 5 heteroatoms. The zero-order valence-electron chi connectivity index (χ0n) is 11.6. The summed E-state index contributed by atoms with van der Waals surface area (Å²) in [6.07, 6.45) is 1.87. The SMILES string of the molecule is COc1ccc(C(NC(=O)O)C2CCC(O)CC2)cc1. The topological polar surface area (TPSA) is 78.8 Å². The Morgan fingerprint density at radius 1 is 1.25 bits per heavy atom. The number of methoxy groups -OCH3 is 1. The van der Waals surface area contributed by atoms with Crippen molar-refractivity contribution in [1.82, 2.24) is 5.32 Å². The van der Waals surface area contributed by atoms with Crippen LogP contribution in [0.15, 0.2) is 24.3 Å². The number of aliphatic hydroxyl groups excluding tert-OH is 1. The molecular weight excluding hydrogens is 258 g/mol. The van der Waals surface area contributed by atoms with Crippen molar-refractivity contribution in [2.24, 2.45) is 5.92 Å². The third kappa shape index (κ3) is 3.63. The molecule has 1 aliphatic rings. The molecule has 0 saturated heterocycles. The molecule has 20 heavy (non-hydrogen) atoms. The Morgan fingerprint density at radius 3 is 2.35 bits per heavy atom. The van der Waals surface area contributed by atoms with Crippen LogP contribution in [0.3, 0.4) is 0 Å². The van der Waals surface area contributed by atoms with Crippen molar-refractivity contribution >= 4 is 6.09 Å². The molecule has 1 aromatic rings. The van der Waals surface area contributed by atoms with Gasteiger partial charge in [0.25, 0.3) is 0 Å². The van der Waals surface area contributed by atoms with Gasteiger partial charge in [-0.25, -0.2) is 4.79 Å². The molecule has 1 unspecified atom stereocenters. The lowest BCUT2D eigenvalue weighted by Crippen LogP contribution is -2.35. The first-order chi connectivity index (χ1) is 9.60. The second kappa shape index (κ2) is 6.61. The highest BCUT2D eigenvalue weighted by Gasteiger charge is 2.29. The molecule has 1 amide bonds. The number of ether oxygens (including phenoxy) is 1. The second-order valence-electron chi connectivity index (χ2n) is 5.27. The van der Waals surface area contributed by atoms with Crippen molar-refractivity contribution in [2.75, 3.05) is 7.11 Å². The average Bonchev–Trinajstić information content (AvgIpc) is 2.46. The highest BCUT2D eigenvalue weighted by Crippen LogP contribution is 2.35. The largest absolute Gasteiger partial charge is 0.497 e. The van der Waals surface area contributed by atoms with E-state index in [1.54, 1.807) is 7.11 Å². The van der Waals surface area contributed by atoms with Crippen LogP contribution in [0.1, 0.15) is 37.3 Å². The minimum atomic E-state index is -1.02. The first-order valence-corrected chi connectivity index (χ1v) is 6.91. The van der Waals surface area contributed by atoms with Crippen LogP contribution in [0.4, 0.5) is 4.79 Å². The Labute approximate surface area is 118 Å². The molecular formula is C15H21NO4. The van der Waals surface area contributed by atoms with Crippen molar-refractivity contribution in [1.29, 1.82) is 0 Å². The van der Waals surface area contributed by atoms with Crippen LogP contribution in [0.2, 0.25) is 0 Å². The third-order valence-electron chi connectivity index (χ3n) is 3.97. The summed E-state index contributed by atoms with van der Waals surface area (Å²) in [5.74, 6) is 0.977. The van der Waals surface area contributed by atoms with E-state index in [-0.39, 0.29) is 18.1 Å². The van der Waals surface area contributed by atoms with Gasteiger partial charge < -0.3 is 20.3 Å². The van der Waals surface area contributed by atoms with Crippen molar-refractivity contribution < 1.29 is 19.7 Å². The molecule has 1 fully saturated rings. The fourth-order valence-corrected chi connectivity index (χ4v) is 2.85. The van der Waals surface area contributed by atoms with E-state index in [2.05, 4.69) is 5.32 Å². The minimum Gasteiger partial charge on any atom is -0.497 e. The summed E-state index contributed by atoms with van der Waals surface area (Å²) < 4.78 is 5.12. The van der Waals surface area contributed by atoms with Gasteiger partial charge in [-0.05, 0) is 49.3 Å². The number of rotatable bonds is 4. The van der Waals surface area contributed by atoms with E-state index >= 15 is 0 Å². The summed E-state index contributed by atoms with van der Waals surface area (Å²) in [6.45, 7) is 0. The first-order valence-electron chi connectivity index (χ1n) is 6.91. The lowest BCUT2D eigenvalue weighted by Gasteiger charge is -2.32. The molecule has 0 bridgehead atoms. The fraction of sp³-hybridized carbons (Fsp3) is 0.533. The summed E-state index contributed by atoms with van der Waals surface area (Å²) in [7, 11) is 1.60. The number of nitrogens with one attached hydrogen (secondary N) is 1. The molecule has 1 atom stereocenters. The number of carboxylic acid groups (broad SMARTS) is 1. The van der Waals surface area contributed by atoms with Crippen LogP contribution < -0.4 is 10.1 Å². The normalized spacial score (nSPS) is 23.9. The molecule has 3 N–H and O–H groups in total. The maximum Gasteiger partial charge on any atom is 0.405 e. The Kier molecular flexibility index (Phi) is 4.84. The summed E-state index contributed by atoms with van der Waals surface area (Å²) >= 11 is 0. The van der Waals surface area contributed by atoms with Crippen molar-refractivity contribution in [3.63, 3.8) is 0 Å². The highest BCUT2D eigenvalue weighted by molar-refractivity contribution is 5.65. The van der Waals surface area contributed by atoms with Gasteiger partial charge in [-0.3, -0.25) is 0 Å². The molecule has 0 aliphatic heterocycles. The standard InChI is InChI=1S/C15H21NO4/c1-20-13-8-4-11(5-9-13)14(16-15(18)19)10-2-6-12(17)7-3-10/h4-5,8-10,12,14,16-17H,2-3,6-7H2,1H3,(H,18,19). The van der Waals surface area contributed by atoms with E-state index in [9.17, 15) is 9.90 Å². The first kappa shape index (κ1) is 14.7. The number of carbonyl (C=O) groups is 1. The molecule has 1 aromatic carbocycles. The van der Waals surface area contributed by atoms with E-state index in [1.807, 2.05) is 24.3 Å². The Balaban J connectivity index is 2.15. The predicted molar refractivity (Wildman–Crippen MR) is 74.9 cm³/mol. The molecule has 5 nitrogen and oxygen atoms in total. The van der Waals surface area contributed by atoms with Crippen LogP contribution in [0.25, 0.3) is 0 Å². The molecule has 2 rings (SSSR count). The van der Waals surface area contributed by atoms with Gasteiger partial charge in [0, 0.05) is 0 Å². The van der Waals surface area contributed by atoms with Crippen LogP contribution in [0.5, 0.6) is 5.75 Å². The molecule has 1 saturated carbocycles. The van der Waals surface area contributed by atoms with Gasteiger partial charge in [-0.1, -0.05) is 12.1 Å². The lowest BCUT2D eigenvalue weighted by atomic mass is 9.80. The van der Waals surface area contributed by atoms with Crippen molar-refractivity contribution in [3.8, 4) is 5.75 Å². The fourth-order valence-electron chi connectivity index (χ4n) is 2.85. The summed E-state index contributed by atoms with van der Waals surface area (Å²) in [4.78, 5) is 11.0. The molecule has 110 valence electrons. The molecule has 0 heterocycles. The number of hydrogen-bond acceptors (Lipinski definition) is 3. The van der Waals surface area contributed by atoms with Crippen LogP contribution in [-0.4, -0.2) is 29.5 Å². The Morgan fingerprint density at radius 2 is 1.85 bits per heavy atom. The minimum absolute atomic E-state index is 0.225. The molecule has 0 radical (unpaired) electrons. The zero-order valence-corrected chi connectivity index (χ0v) is 11.6. The third-order valence-corrected chi connectivity index (χ3v) is 3.97. The van der Waals surface area contributed by atoms with Gasteiger partial charge in [0.1, 0.15) is 5.75 Å². The molecule has 1 aliphatic carbocycles. The van der Waals surface area contributed by atoms with Gasteiger partial charge in [0.15, 0.2) is 0 Å². The van der Waals surface area contributed by atoms with E-state index in [0.29, 0.717) is 0 Å². The summed E-state index contributed by atoms with van der Waals surface area (Å²) in [5, 5.41) is 21.2. The Bertz CT molecular complexity index is 438. The van der Waals surface area contributed by atoms with Crippen molar-refractivity contribution in [2.45, 2.75) is 37.8 Å². The summed E-state index contributed by atoms with van der Waals surface area (Å²) in [5.41, 5.74) is 0.939. The molecule has 0 aromatic heterocycles. The number of benzene rings is 1. The van der Waals surface area contributed by atoms with E-state index < -0.39 is 6.09 Å². The predicted octanol–water partition coefficient (Wildman–Crippen LogP) is 2.56. The van der Waals surface area contributed by atoms with Crippen LogP contribution >= 0.6 is 0 Å². The van der Waals surface area contributed by atoms with Gasteiger partial charge in [-0.15, -0.1) is 0 Å². The number of hydrogen-bond donors (Lipinski definition) is 3. The lowest BCUT2D eigenvalue weighted by molar-refractivity contribution is 0.0962. The van der Waals surface area contributed by atoms with E-state index in [0.717, 1.165) is 37.0 Å². The maximum atomic E-state index is 11.0. The van der Waals surface area contributed by atoms with E-state index in [4.69, 9.17) is 9.84 Å².